The van der Waals surface area contributed by atoms with Gasteiger partial charge < -0.3 is 4.98 Å². The molecule has 1 heterocycles. The van der Waals surface area contributed by atoms with E-state index >= 15 is 0 Å². The summed E-state index contributed by atoms with van der Waals surface area (Å²) in [6.07, 6.45) is 0. The highest BCUT2D eigenvalue weighted by Gasteiger charge is 2.22. The standard InChI is InChI=1S/C13H5N5O/c14-5-9-10(6-15)17-13-11(16-9)7-3-1-2-4-8(7)12(13)18-19/h1-4,17H. The van der Waals surface area contributed by atoms with Crippen molar-refractivity contribution < 1.29 is 0 Å². The zero-order valence-corrected chi connectivity index (χ0v) is 9.51. The molecule has 2 aliphatic rings. The molecule has 1 aliphatic heterocycles. The van der Waals surface area contributed by atoms with Crippen molar-refractivity contribution in [3.05, 3.63) is 40.6 Å². The predicted octanol–water partition coefficient (Wildman–Crippen LogP) is 2.81. The number of nitrogens with one attached hydrogen (secondary N) is 1. The smallest absolute Gasteiger partial charge is 0.175 e. The van der Waals surface area contributed by atoms with Gasteiger partial charge in [-0.15, -0.1) is 4.91 Å². The van der Waals surface area contributed by atoms with E-state index in [9.17, 15) is 4.91 Å². The van der Waals surface area contributed by atoms with Crippen molar-refractivity contribution in [1.29, 1.82) is 10.5 Å². The van der Waals surface area contributed by atoms with Crippen LogP contribution in [0.5, 0.6) is 0 Å². The van der Waals surface area contributed by atoms with Gasteiger partial charge in [0.1, 0.15) is 17.8 Å². The van der Waals surface area contributed by atoms with Crippen LogP contribution in [-0.2, 0) is 0 Å². The van der Waals surface area contributed by atoms with Crippen LogP contribution in [0.2, 0.25) is 0 Å². The van der Waals surface area contributed by atoms with Crippen molar-refractivity contribution in [1.82, 2.24) is 9.97 Å². The van der Waals surface area contributed by atoms with Gasteiger partial charge in [-0.3, -0.25) is 0 Å². The minimum atomic E-state index is 0.00296. The van der Waals surface area contributed by atoms with Gasteiger partial charge in [0.25, 0.3) is 0 Å². The second-order valence-electron chi connectivity index (χ2n) is 3.89. The van der Waals surface area contributed by atoms with Crippen molar-refractivity contribution in [2.75, 3.05) is 0 Å². The summed E-state index contributed by atoms with van der Waals surface area (Å²) in [6, 6.07) is 10.8. The van der Waals surface area contributed by atoms with Crippen molar-refractivity contribution in [2.24, 2.45) is 5.18 Å². The molecule has 0 spiro atoms. The van der Waals surface area contributed by atoms with Gasteiger partial charge in [0, 0.05) is 10.8 Å². The van der Waals surface area contributed by atoms with Crippen molar-refractivity contribution in [3.63, 3.8) is 0 Å². The van der Waals surface area contributed by atoms with Gasteiger partial charge in [-0.05, 0) is 5.18 Å². The van der Waals surface area contributed by atoms with E-state index in [2.05, 4.69) is 15.1 Å². The van der Waals surface area contributed by atoms with Crippen LogP contribution in [0.1, 0.15) is 11.4 Å². The molecule has 0 saturated carbocycles. The first kappa shape index (κ1) is 10.9. The topological polar surface area (TPSA) is 106 Å². The Morgan fingerprint density at radius 3 is 2.53 bits per heavy atom. The first-order valence-corrected chi connectivity index (χ1v) is 5.38. The van der Waals surface area contributed by atoms with E-state index in [1.54, 1.807) is 18.2 Å². The van der Waals surface area contributed by atoms with Crippen LogP contribution >= 0.6 is 0 Å². The number of nitrogens with zero attached hydrogens (tertiary/aromatic N) is 4. The van der Waals surface area contributed by atoms with Gasteiger partial charge in [-0.25, -0.2) is 4.98 Å². The molecule has 0 fully saturated rings. The largest absolute Gasteiger partial charge is 0.341 e. The Kier molecular flexibility index (Phi) is 2.23. The molecule has 1 aliphatic carbocycles. The molecule has 6 heteroatoms. The minimum absolute atomic E-state index is 0.00296. The van der Waals surface area contributed by atoms with Crippen LogP contribution in [0.4, 0.5) is 5.69 Å². The molecule has 0 bridgehead atoms. The summed E-state index contributed by atoms with van der Waals surface area (Å²) in [4.78, 5) is 17.9. The third kappa shape index (κ3) is 1.38. The lowest BCUT2D eigenvalue weighted by Crippen LogP contribution is -1.97. The quantitative estimate of drug-likeness (QED) is 0.667. The number of aromatic nitrogens is 2. The number of rotatable bonds is 1. The summed E-state index contributed by atoms with van der Waals surface area (Å²) < 4.78 is 0. The van der Waals surface area contributed by atoms with Crippen LogP contribution in [0.15, 0.2) is 29.4 Å². The maximum atomic E-state index is 11.0. The first-order chi connectivity index (χ1) is 9.30. The number of fused-ring (bicyclic) bond motifs is 3. The van der Waals surface area contributed by atoms with Gasteiger partial charge in [0.15, 0.2) is 11.4 Å². The van der Waals surface area contributed by atoms with Gasteiger partial charge in [-0.1, -0.05) is 24.3 Å². The van der Waals surface area contributed by atoms with Crippen molar-refractivity contribution in [3.8, 4) is 23.5 Å². The number of hydrogen-bond donors (Lipinski definition) is 1. The fraction of sp³-hybridized carbons (Fsp3) is 0. The van der Waals surface area contributed by atoms with Gasteiger partial charge in [0.05, 0.1) is 11.4 Å². The molecule has 1 aromatic rings. The Balaban J connectivity index is 2.57. The molecule has 0 saturated heterocycles. The second-order valence-corrected chi connectivity index (χ2v) is 3.89. The number of hydrogen-bond acceptors (Lipinski definition) is 5. The van der Waals surface area contributed by atoms with E-state index in [0.717, 1.165) is 5.39 Å². The van der Waals surface area contributed by atoms with Crippen LogP contribution < -0.4 is 0 Å². The van der Waals surface area contributed by atoms with Crippen LogP contribution in [0, 0.1) is 27.6 Å². The number of H-pyrrole nitrogens is 1. The summed E-state index contributed by atoms with van der Waals surface area (Å²) in [5.74, 6) is 0. The molecule has 19 heavy (non-hydrogen) atoms. The summed E-state index contributed by atoms with van der Waals surface area (Å²) in [5.41, 5.74) is 1.09. The highest BCUT2D eigenvalue weighted by Crippen LogP contribution is 2.42. The van der Waals surface area contributed by atoms with Gasteiger partial charge in [0.2, 0.25) is 0 Å². The molecule has 3 rings (SSSR count). The van der Waals surface area contributed by atoms with E-state index in [4.69, 9.17) is 10.5 Å². The van der Waals surface area contributed by atoms with E-state index in [1.165, 1.54) is 0 Å². The number of benzene rings is 1. The van der Waals surface area contributed by atoms with E-state index in [-0.39, 0.29) is 17.1 Å². The lowest BCUT2D eigenvalue weighted by atomic mass is 10.2. The Labute approximate surface area is 107 Å². The number of nitroso groups, excluding NO2 is 1. The minimum Gasteiger partial charge on any atom is -0.341 e. The van der Waals surface area contributed by atoms with E-state index in [0.29, 0.717) is 16.8 Å². The fourth-order valence-corrected chi connectivity index (χ4v) is 2.12. The molecule has 0 radical (unpaired) electrons. The van der Waals surface area contributed by atoms with Crippen LogP contribution in [0.3, 0.4) is 0 Å². The molecule has 6 nitrogen and oxygen atoms in total. The average Bonchev–Trinajstić information content (AvgIpc) is 2.78. The Bertz CT molecular complexity index is 865. The molecule has 0 unspecified atom stereocenters. The number of nitriles is 2. The monoisotopic (exact) mass is 247 g/mol. The normalized spacial score (nSPS) is 10.2. The molecular formula is C13H5N5O. The third-order valence-electron chi connectivity index (χ3n) is 2.93. The molecule has 1 N–H and O–H groups in total. The molecule has 1 aromatic carbocycles. The third-order valence-corrected chi connectivity index (χ3v) is 2.93. The van der Waals surface area contributed by atoms with Gasteiger partial charge >= 0.3 is 0 Å². The Morgan fingerprint density at radius 1 is 1.16 bits per heavy atom. The zero-order chi connectivity index (χ0) is 13.4. The lowest BCUT2D eigenvalue weighted by molar-refractivity contribution is 1.14. The number of aromatic amines is 1. The van der Waals surface area contributed by atoms with Crippen molar-refractivity contribution in [2.45, 2.75) is 0 Å². The highest BCUT2D eigenvalue weighted by atomic mass is 16.3. The molecule has 0 amide bonds. The lowest BCUT2D eigenvalue weighted by Gasteiger charge is -2.02. The molecule has 0 atom stereocenters. The Hall–Kier alpha value is -3.25. The van der Waals surface area contributed by atoms with E-state index in [1.807, 2.05) is 18.2 Å². The maximum Gasteiger partial charge on any atom is 0.175 e. The highest BCUT2D eigenvalue weighted by molar-refractivity contribution is 6.09. The predicted molar refractivity (Wildman–Crippen MR) is 67.6 cm³/mol. The van der Waals surface area contributed by atoms with Crippen molar-refractivity contribution >= 4 is 16.5 Å². The summed E-state index contributed by atoms with van der Waals surface area (Å²) in [5, 5.41) is 22.3. The zero-order valence-electron chi connectivity index (χ0n) is 9.51. The summed E-state index contributed by atoms with van der Waals surface area (Å²) >= 11 is 0. The SMILES string of the molecule is N#Cc1nc2c3ccccc3c(N=O)c-2[nH]c1C#N. The fourth-order valence-electron chi connectivity index (χ4n) is 2.12. The molecular weight excluding hydrogens is 242 g/mol. The average molecular weight is 247 g/mol. The van der Waals surface area contributed by atoms with Crippen LogP contribution in [-0.4, -0.2) is 9.97 Å². The van der Waals surface area contributed by atoms with Crippen LogP contribution in [0.25, 0.3) is 22.2 Å². The molecule has 88 valence electrons. The summed E-state index contributed by atoms with van der Waals surface area (Å²) in [7, 11) is 0. The van der Waals surface area contributed by atoms with E-state index < -0.39 is 0 Å². The maximum absolute atomic E-state index is 11.0. The Morgan fingerprint density at radius 2 is 1.89 bits per heavy atom. The second kappa shape index (κ2) is 3.90. The molecule has 0 aromatic heterocycles. The first-order valence-electron chi connectivity index (χ1n) is 5.38. The van der Waals surface area contributed by atoms with Gasteiger partial charge in [-0.2, -0.15) is 10.5 Å². The summed E-state index contributed by atoms with van der Waals surface area (Å²) in [6.45, 7) is 0.